The second-order valence-electron chi connectivity index (χ2n) is 30.7. The van der Waals surface area contributed by atoms with Gasteiger partial charge in [-0.15, -0.1) is 0 Å². The molecule has 16 rings (SSSR count). The van der Waals surface area contributed by atoms with E-state index >= 15 is 24.0 Å². The minimum Gasteiger partial charge on any atom is -0.508 e. The molecule has 23 atom stereocenters. The van der Waals surface area contributed by atoms with Crippen LogP contribution in [-0.4, -0.2) is 260 Å². The first-order chi connectivity index (χ1) is 60.4. The molecule has 0 radical (unpaired) electrons. The number of halogens is 2. The van der Waals surface area contributed by atoms with Crippen LogP contribution in [-0.2, 0) is 73.3 Å². The van der Waals surface area contributed by atoms with E-state index in [9.17, 15) is 101 Å². The number of carbonyl (C=O) groups excluding carboxylic acids is 9. The number of nitrogens with two attached hydrogens (primary N) is 1. The Balaban J connectivity index is 1.05. The van der Waals surface area contributed by atoms with Gasteiger partial charge in [-0.05, 0) is 119 Å². The van der Waals surface area contributed by atoms with E-state index in [1.54, 1.807) is 0 Å². The number of ether oxygens (including phenoxy) is 9. The summed E-state index contributed by atoms with van der Waals surface area (Å²) >= 11 is 14.6. The Kier molecular flexibility index (Phi) is 26.7. The summed E-state index contributed by atoms with van der Waals surface area (Å²) in [7, 11) is 0. The Labute approximate surface area is 725 Å². The number of ketones is 1. The molecule has 9 aliphatic rings. The normalized spacial score (nSPS) is 29.5. The van der Waals surface area contributed by atoms with Crippen molar-refractivity contribution in [2.24, 2.45) is 5.73 Å². The van der Waals surface area contributed by atoms with Crippen LogP contribution in [0.1, 0.15) is 95.5 Å². The quantitative estimate of drug-likeness (QED) is 0.0524. The number of aliphatic hydroxyl groups excluding tert-OH is 10. The minimum absolute atomic E-state index is 0.0126. The zero-order valence-corrected chi connectivity index (χ0v) is 67.6. The van der Waals surface area contributed by atoms with Crippen molar-refractivity contribution in [3.8, 4) is 80.1 Å². The van der Waals surface area contributed by atoms with Gasteiger partial charge in [0.2, 0.25) is 65.6 Å². The van der Waals surface area contributed by atoms with Crippen molar-refractivity contribution in [3.63, 3.8) is 0 Å². The molecule has 9 aliphatic heterocycles. The summed E-state index contributed by atoms with van der Waals surface area (Å²) in [5, 5.41) is 189. The van der Waals surface area contributed by atoms with E-state index in [1.165, 1.54) is 30.3 Å². The molecular weight excluding hydrogens is 1730 g/mol. The second-order valence-corrected chi connectivity index (χ2v) is 31.5. The van der Waals surface area contributed by atoms with Crippen molar-refractivity contribution in [1.82, 2.24) is 42.5 Å². The molecule has 7 aromatic rings. The van der Waals surface area contributed by atoms with Crippen molar-refractivity contribution in [3.05, 3.63) is 164 Å². The zero-order valence-electron chi connectivity index (χ0n) is 66.1. The topological polar surface area (TPSA) is 679 Å². The Bertz CT molecular complexity index is 5520. The van der Waals surface area contributed by atoms with Crippen LogP contribution in [0.15, 0.2) is 115 Å². The van der Waals surface area contributed by atoms with Gasteiger partial charge in [0.05, 0.1) is 36.3 Å². The lowest BCUT2D eigenvalue weighted by Crippen LogP contribution is -2.65. The number of carboxylic acid groups (broad SMARTS) is 1. The highest BCUT2D eigenvalue weighted by atomic mass is 35.5. The number of aliphatic carboxylic acids is 1. The number of hydrogen-bond donors (Lipinski definition) is 24. The van der Waals surface area contributed by atoms with E-state index < -0.39 is 328 Å². The number of aliphatic hydroxyl groups is 10. The third-order valence-corrected chi connectivity index (χ3v) is 22.5. The van der Waals surface area contributed by atoms with Crippen LogP contribution in [0, 0.1) is 0 Å². The largest absolute Gasteiger partial charge is 0.508 e. The number of rotatable bonds is 14. The average molecular weight is 1810 g/mol. The van der Waals surface area contributed by atoms with Crippen molar-refractivity contribution in [1.29, 1.82) is 0 Å². The Hall–Kier alpha value is -12.4. The first-order valence-corrected chi connectivity index (χ1v) is 39.7. The van der Waals surface area contributed by atoms with Crippen LogP contribution in [0.3, 0.4) is 0 Å². The smallest absolute Gasteiger partial charge is 0.330 e. The number of carboxylic acids is 1. The molecule has 6 unspecified atom stereocenters. The summed E-state index contributed by atoms with van der Waals surface area (Å²) in [6, 6.07) is -0.205. The highest BCUT2D eigenvalue weighted by molar-refractivity contribution is 6.32. The second kappa shape index (κ2) is 37.3. The molecule has 0 aromatic heterocycles. The summed E-state index contributed by atoms with van der Waals surface area (Å²) in [4.78, 5) is 150. The third-order valence-electron chi connectivity index (χ3n) is 21.9. The number of hydrogen-bond acceptors (Lipinski definition) is 34. The fourth-order valence-electron chi connectivity index (χ4n) is 15.5. The highest BCUT2D eigenvalue weighted by Gasteiger charge is 2.52. The number of fused-ring (bicyclic) bond motifs is 14. The van der Waals surface area contributed by atoms with Crippen LogP contribution >= 0.6 is 23.2 Å². The van der Waals surface area contributed by atoms with Gasteiger partial charge in [-0.25, -0.2) is 4.79 Å². The summed E-state index contributed by atoms with van der Waals surface area (Å²) in [5.74, 6) is -21.2. The number of carbonyl (C=O) groups is 10. The van der Waals surface area contributed by atoms with Gasteiger partial charge in [-0.3, -0.25) is 43.2 Å². The van der Waals surface area contributed by atoms with Gasteiger partial charge in [0.25, 0.3) is 0 Å². The van der Waals surface area contributed by atoms with Gasteiger partial charge in [-0.1, -0.05) is 47.5 Å². The predicted octanol–water partition coefficient (Wildman–Crippen LogP) is -2.00. The molecule has 7 aromatic carbocycles. The molecule has 3 saturated heterocycles. The minimum atomic E-state index is -2.61. The maximum atomic E-state index is 16.9. The Morgan fingerprint density at radius 2 is 1.03 bits per heavy atom. The van der Waals surface area contributed by atoms with Gasteiger partial charge in [0.15, 0.2) is 35.3 Å². The number of amides is 8. The summed E-state index contributed by atoms with van der Waals surface area (Å²) in [6.45, 7) is -1.21. The lowest BCUT2D eigenvalue weighted by Gasteiger charge is -2.44. The lowest BCUT2D eigenvalue weighted by molar-refractivity contribution is -0.284. The summed E-state index contributed by atoms with van der Waals surface area (Å²) < 4.78 is 56.8. The highest BCUT2D eigenvalue weighted by Crippen LogP contribution is 2.51. The molecule has 43 nitrogen and oxygen atoms in total. The van der Waals surface area contributed by atoms with E-state index in [0.29, 0.717) is 0 Å². The van der Waals surface area contributed by atoms with E-state index in [-0.39, 0.29) is 33.4 Å². The fraction of sp³-hybridized carbons (Fsp3) is 0.366. The van der Waals surface area contributed by atoms with Crippen LogP contribution in [0.25, 0.3) is 11.1 Å². The van der Waals surface area contributed by atoms with Crippen LogP contribution in [0.5, 0.6) is 69.0 Å². The number of aromatic hydroxyl groups is 4. The average Bonchev–Trinajstić information content (AvgIpc) is 0.756. The Morgan fingerprint density at radius 1 is 0.488 bits per heavy atom. The van der Waals surface area contributed by atoms with Gasteiger partial charge >= 0.3 is 5.97 Å². The van der Waals surface area contributed by atoms with Crippen molar-refractivity contribution in [2.45, 2.75) is 167 Å². The molecule has 25 N–H and O–H groups in total. The first-order valence-electron chi connectivity index (χ1n) is 38.9. The Morgan fingerprint density at radius 3 is 1.65 bits per heavy atom. The molecule has 0 saturated carbocycles. The predicted molar refractivity (Wildman–Crippen MR) is 426 cm³/mol. The number of Topliss-reactive ketones (excluding diaryl/α,β-unsaturated/α-hetero) is 1. The van der Waals surface area contributed by atoms with Gasteiger partial charge in [0.1, 0.15) is 162 Å². The number of phenolic OH excluding ortho intramolecular Hbond substituents is 4. The van der Waals surface area contributed by atoms with E-state index in [4.69, 9.17) is 71.6 Å². The van der Waals surface area contributed by atoms with Crippen LogP contribution in [0.2, 0.25) is 10.0 Å². The summed E-state index contributed by atoms with van der Waals surface area (Å²) in [5.41, 5.74) is 2.55. The van der Waals surface area contributed by atoms with Crippen molar-refractivity contribution >= 4 is 82.2 Å². The number of phenols is 4. The van der Waals surface area contributed by atoms with Gasteiger partial charge in [-0.2, -0.15) is 0 Å². The standard InChI is InChI=1S/C82H83Cl2N9O34/c1-27(97)11-54(103)88-62-68(108)65(105)52(25-95)124-81(62)127-72-49-19-34-20-50(72)121-46-10-6-32(17-41(46)84)71(126-80-61(86-28(2)98)67(107)64(104)51(24-94)123-80)63-78(116)92-60(79(117)118)39-22-36(100)23-48(122-82-70(110)69(109)66(106)53(26-96)125-82)55(39)38-16-31(5-7-43(38)101)57(75(113)93-63)90-77(115)59(34)91-76(114)58-33-14-35(99)21-37(15-33)119-47-18-30(4-8-44(47)102)56(85)74(112)87-42(73(111)89-58)13-29-3-9-45(120-49)40(83)12-29/h3-10,12,14-23,42,51-53,56-71,80-82,94-96,99-102,104-110H,11,13,24-26,85H2,1-2H3,(H,86,98)(H,87,112)(H,88,103)(H,89,111)(H,90,115)(H,91,114)(H,92,116)(H,93,113)(H,117,118)/t42-,51?,52?,53?,56-,57-,58+,59-,60+,61+,62?,63+,64-,65-,66-,67?,68-,69-,70?,71-,80+,81+,82+/m1/s1. The fourth-order valence-corrected chi connectivity index (χ4v) is 16.0. The molecule has 9 heterocycles. The van der Waals surface area contributed by atoms with E-state index in [1.807, 2.05) is 0 Å². The zero-order chi connectivity index (χ0) is 91.3. The molecule has 17 bridgehead atoms. The number of nitrogens with one attached hydrogen (secondary N) is 8. The van der Waals surface area contributed by atoms with Gasteiger partial charge in [0, 0.05) is 42.2 Å². The van der Waals surface area contributed by atoms with Crippen molar-refractivity contribution < 1.29 is 167 Å². The SMILES string of the molecule is CC(=O)CC(=O)NC1[C@H](Oc2c3cc4cc2Oc2ccc(cc2Cl)[C@@H](O[C@@H]2OC(CO)[C@@H](O)C(O)[C@@H]2NC(C)=O)[C@@H]2NC(=O)[C@H](NC(=O)[C@@H]4NC(=O)[C@H]4NC(=O)[C@@H](Cc5ccc(c(Cl)c5)O3)NC(=O)[C@H](N)c3ccc(O)c(c3)Oc3cc(O)cc4c3)c3ccc(O)c(c3)-c3c(O[C@H]4OC(CO)[C@@H](O)[C@@H](O)C4O)cc(O)cc3[C@@H](C(=O)O)NC2=O)OC(CO)[C@@H](O)[C@@H]1O. The monoisotopic (exact) mass is 1810 g/mol. The maximum absolute atomic E-state index is 16.9. The number of benzene rings is 7. The van der Waals surface area contributed by atoms with Crippen LogP contribution < -0.4 is 72.0 Å². The van der Waals surface area contributed by atoms with E-state index in [0.717, 1.165) is 98.8 Å². The van der Waals surface area contributed by atoms with E-state index in [2.05, 4.69) is 42.5 Å². The van der Waals surface area contributed by atoms with Gasteiger partial charge < -0.3 is 167 Å². The van der Waals surface area contributed by atoms with Crippen LogP contribution in [0.4, 0.5) is 0 Å². The molecule has 674 valence electrons. The third kappa shape index (κ3) is 18.9. The molecule has 3 fully saturated rings. The maximum Gasteiger partial charge on any atom is 0.330 e. The molecule has 0 spiro atoms. The molecule has 45 heteroatoms. The molecule has 8 amide bonds. The summed E-state index contributed by atoms with van der Waals surface area (Å²) in [6.07, 6.45) is -30.6. The molecule has 0 aliphatic carbocycles. The van der Waals surface area contributed by atoms with Crippen molar-refractivity contribution in [2.75, 3.05) is 19.8 Å². The molecular formula is C82H83Cl2N9O34. The first kappa shape index (κ1) is 90.9. The lowest BCUT2D eigenvalue weighted by atomic mass is 9.89. The molecule has 127 heavy (non-hydrogen) atoms.